The zero-order chi connectivity index (χ0) is 61.9. The third kappa shape index (κ3) is 12.5. The average Bonchev–Trinajstić information content (AvgIpc) is 0.694. The fourth-order valence-corrected chi connectivity index (χ4v) is 65.1. The Bertz CT molecular complexity index is 4140. The average molecular weight is 1390 g/mol. The van der Waals surface area contributed by atoms with Crippen LogP contribution in [0.5, 0.6) is 0 Å². The highest BCUT2D eigenvalue weighted by atomic mass is 28.6. The van der Waals surface area contributed by atoms with Gasteiger partial charge in [0.1, 0.15) is 10.5 Å². The summed E-state index contributed by atoms with van der Waals surface area (Å²) in [6.07, 6.45) is 4.03. The summed E-state index contributed by atoms with van der Waals surface area (Å²) in [5.41, 5.74) is 5.78. The van der Waals surface area contributed by atoms with Crippen molar-refractivity contribution in [3.63, 3.8) is 0 Å². The van der Waals surface area contributed by atoms with Crippen molar-refractivity contribution < 1.29 is 57.6 Å². The summed E-state index contributed by atoms with van der Waals surface area (Å²) < 4.78 is 117. The van der Waals surface area contributed by atoms with E-state index in [-0.39, 0.29) is 10.5 Å². The third-order valence-corrected chi connectivity index (χ3v) is 57.7. The lowest BCUT2D eigenvalue weighted by Crippen LogP contribution is -2.89. The lowest BCUT2D eigenvalue weighted by Gasteiger charge is -2.57. The van der Waals surface area contributed by atoms with Crippen LogP contribution in [-0.2, 0) is 57.6 Å². The van der Waals surface area contributed by atoms with Crippen molar-refractivity contribution in [2.45, 2.75) is 13.1 Å². The Labute approximate surface area is 544 Å². The molecule has 0 spiro atoms. The Morgan fingerprint density at radius 1 is 0.275 bits per heavy atom. The Kier molecular flexibility index (Phi) is 17.6. The highest BCUT2D eigenvalue weighted by Crippen LogP contribution is 2.44. The maximum Gasteiger partial charge on any atom is 0.515 e. The molecule has 4 aliphatic heterocycles. The molecule has 14 nitrogen and oxygen atoms in total. The first-order valence-electron chi connectivity index (χ1n) is 29.9. The Hall–Kier alpha value is -6.49. The summed E-state index contributed by atoms with van der Waals surface area (Å²) >= 11 is 0. The van der Waals surface area contributed by atoms with Crippen molar-refractivity contribution in [1.82, 2.24) is 0 Å². The highest BCUT2D eigenvalue weighted by molar-refractivity contribution is 7.10. The molecule has 25 heteroatoms. The Balaban J connectivity index is 1.23. The zero-order valence-electron chi connectivity index (χ0n) is 50.0. The first-order chi connectivity index (χ1) is 44.4. The fraction of sp³-hybridized carbons (Fsp3) is 0.0303. The van der Waals surface area contributed by atoms with Gasteiger partial charge < -0.3 is 57.6 Å². The van der Waals surface area contributed by atoms with E-state index in [9.17, 15) is 0 Å². The van der Waals surface area contributed by atoms with E-state index in [1.54, 1.807) is 0 Å². The van der Waals surface area contributed by atoms with E-state index < -0.39 is 88.0 Å². The molecule has 0 radical (unpaired) electrons. The lowest BCUT2D eigenvalue weighted by atomic mass is 10.2. The van der Waals surface area contributed by atoms with Crippen LogP contribution in [0.4, 0.5) is 0 Å². The Morgan fingerprint density at radius 3 is 0.857 bits per heavy atom. The molecule has 0 N–H and O–H groups in total. The van der Waals surface area contributed by atoms with Crippen LogP contribution >= 0.6 is 0 Å². The van der Waals surface area contributed by atoms with Gasteiger partial charge in [0.2, 0.25) is 0 Å². The van der Waals surface area contributed by atoms with Crippen molar-refractivity contribution in [3.05, 3.63) is 326 Å². The van der Waals surface area contributed by atoms with Crippen molar-refractivity contribution in [2.24, 2.45) is 0 Å². The molecule has 10 aromatic rings. The van der Waals surface area contributed by atoms with Gasteiger partial charge in [-0.15, -0.1) is 0 Å². The molecular weight excluding hydrogens is 1330 g/mol. The zero-order valence-corrected chi connectivity index (χ0v) is 62.1. The normalized spacial score (nSPS) is 30.9. The quantitative estimate of drug-likeness (QED) is 0.121. The lowest BCUT2D eigenvalue weighted by molar-refractivity contribution is 0.0568. The van der Waals surface area contributed by atoms with Crippen LogP contribution in [-0.4, -0.2) is 98.5 Å². The molecule has 4 fully saturated rings. The Morgan fingerprint density at radius 2 is 0.516 bits per heavy atom. The molecule has 4 saturated heterocycles. The van der Waals surface area contributed by atoms with Gasteiger partial charge in [-0.25, -0.2) is 0 Å². The molecule has 4 heterocycles. The largest absolute Gasteiger partial charge is 0.515 e. The van der Waals surface area contributed by atoms with E-state index >= 15 is 0 Å². The summed E-state index contributed by atoms with van der Waals surface area (Å²) in [6.45, 7) is 3.97. The van der Waals surface area contributed by atoms with E-state index in [1.165, 1.54) is 0 Å². The number of rotatable bonds is 13. The van der Waals surface area contributed by atoms with Gasteiger partial charge in [-0.05, 0) is 40.8 Å². The number of benzene rings is 10. The number of hydrogen-bond acceptors (Lipinski definition) is 14. The molecule has 14 rings (SSSR count). The molecule has 91 heavy (non-hydrogen) atoms. The standard InChI is InChI=1S/C66H64O14Si11/c1-83(55-53-57-33-13-3-14-34-57)70-85(67-81,60-39-19-6-20-40-60)74-90(65-49-29-11-30-50-65)75-86(61-41-21-7-22-42-61)68-82(59-37-17-5-18-38-59)69-87(62-43-23-8-24-44-62)76-88(72-83,63-45-25-9-26-46-63)78-91(80-90,66-51-31-12-32-52-66)79-89(77-87,64-47-27-10-28-48-64)73-84(2,71-86)56-54-58-35-15-4-16-36-58/h3-56,82H,1-2,81H3/b55-53+,56-54+/t82?,83?,84?,85?,86?,87?,88?,89?,90-,91+/m1/s1. The number of hydrogen-bond donors (Lipinski definition) is 0. The van der Waals surface area contributed by atoms with Crippen LogP contribution in [0.2, 0.25) is 13.1 Å². The molecule has 6 bridgehead atoms. The summed E-state index contributed by atoms with van der Waals surface area (Å²) in [6, 6.07) is 98.3. The van der Waals surface area contributed by atoms with Crippen LogP contribution in [0.15, 0.2) is 315 Å². The monoisotopic (exact) mass is 1390 g/mol. The van der Waals surface area contributed by atoms with Crippen LogP contribution in [0.1, 0.15) is 11.1 Å². The summed E-state index contributed by atoms with van der Waals surface area (Å²) in [4.78, 5) is 0. The molecule has 8 unspecified atom stereocenters. The summed E-state index contributed by atoms with van der Waals surface area (Å²) in [5, 5.41) is 4.46. The molecule has 4 aliphatic rings. The van der Waals surface area contributed by atoms with Gasteiger partial charge >= 0.3 is 88.0 Å². The van der Waals surface area contributed by atoms with Gasteiger partial charge in [0.25, 0.3) is 0 Å². The van der Waals surface area contributed by atoms with Gasteiger partial charge in [-0.1, -0.05) is 315 Å². The van der Waals surface area contributed by atoms with Gasteiger partial charge in [0, 0.05) is 36.3 Å². The minimum Gasteiger partial charge on any atom is -0.422 e. The second kappa shape index (κ2) is 25.8. The van der Waals surface area contributed by atoms with Crippen LogP contribution in [0.25, 0.3) is 12.2 Å². The first-order valence-corrected chi connectivity index (χ1v) is 49.1. The predicted molar refractivity (Wildman–Crippen MR) is 375 cm³/mol. The van der Waals surface area contributed by atoms with Gasteiger partial charge in [-0.3, -0.25) is 0 Å². The minimum absolute atomic E-state index is 0.0788. The predicted octanol–water partition coefficient (Wildman–Crippen LogP) is 6.25. The second-order valence-electron chi connectivity index (χ2n) is 22.3. The van der Waals surface area contributed by atoms with Crippen LogP contribution < -0.4 is 41.5 Å². The SMILES string of the molecule is C[Si]1(/C=C/c2ccccc2)O[Si](O[SiH3])(c2ccccc2)O[Si@]2(c3ccccc3)O[Si]3(c4ccccc4)O[SiH](c4ccccc4)O[Si]4(c5ccccc5)O[Si](c5ccccc5)(O1)O[Si@@](c1ccccc1)(O[Si](c1ccccc1)(O[Si](C)(/C=C/c1ccccc1)O3)O4)O2. The van der Waals surface area contributed by atoms with E-state index in [4.69, 9.17) is 57.6 Å². The molecular formula is C66H64O14Si11. The molecule has 0 aromatic heterocycles. The second-order valence-corrected chi connectivity index (χ2v) is 52.7. The van der Waals surface area contributed by atoms with Gasteiger partial charge in [0.15, 0.2) is 0 Å². The summed E-state index contributed by atoms with van der Waals surface area (Å²) in [5.74, 6) is 0. The maximum atomic E-state index is 8.68. The summed E-state index contributed by atoms with van der Waals surface area (Å²) in [7, 11) is -47.8. The van der Waals surface area contributed by atoms with E-state index in [0.717, 1.165) is 11.1 Å². The molecule has 10 atom stereocenters. The van der Waals surface area contributed by atoms with E-state index in [2.05, 4.69) is 0 Å². The van der Waals surface area contributed by atoms with Crippen molar-refractivity contribution in [2.75, 3.05) is 0 Å². The van der Waals surface area contributed by atoms with Crippen molar-refractivity contribution in [3.8, 4) is 0 Å². The van der Waals surface area contributed by atoms with E-state index in [0.29, 0.717) is 41.5 Å². The first kappa shape index (κ1) is 62.0. The third-order valence-electron chi connectivity index (χ3n) is 15.7. The molecule has 0 saturated carbocycles. The smallest absolute Gasteiger partial charge is 0.422 e. The highest BCUT2D eigenvalue weighted by Gasteiger charge is 2.79. The fourth-order valence-electron chi connectivity index (χ4n) is 11.5. The van der Waals surface area contributed by atoms with Gasteiger partial charge in [0.05, 0.1) is 0 Å². The molecule has 0 aliphatic carbocycles. The molecule has 456 valence electrons. The topological polar surface area (TPSA) is 129 Å². The van der Waals surface area contributed by atoms with Crippen LogP contribution in [0, 0.1) is 0 Å². The molecule has 10 aromatic carbocycles. The molecule has 0 amide bonds. The van der Waals surface area contributed by atoms with Crippen molar-refractivity contribution >= 4 is 152 Å². The van der Waals surface area contributed by atoms with E-state index in [1.807, 2.05) is 340 Å². The van der Waals surface area contributed by atoms with Gasteiger partial charge in [-0.2, -0.15) is 0 Å². The minimum atomic E-state index is -5.29. The maximum absolute atomic E-state index is 8.68. The number of fused-ring (bicyclic) bond motifs is 6. The van der Waals surface area contributed by atoms with Crippen molar-refractivity contribution in [1.29, 1.82) is 0 Å². The van der Waals surface area contributed by atoms with Crippen LogP contribution in [0.3, 0.4) is 0 Å².